The second-order valence-corrected chi connectivity index (χ2v) is 4.92. The molecule has 2 aromatic rings. The first-order valence-electron chi connectivity index (χ1n) is 4.96. The van der Waals surface area contributed by atoms with E-state index in [2.05, 4.69) is 0 Å². The van der Waals surface area contributed by atoms with Crippen LogP contribution in [0.2, 0.25) is 0 Å². The van der Waals surface area contributed by atoms with Crippen molar-refractivity contribution in [1.29, 1.82) is 0 Å². The Morgan fingerprint density at radius 1 is 0.889 bits per heavy atom. The molecular formula is C12H9FO4S. The van der Waals surface area contributed by atoms with Gasteiger partial charge in [-0.05, 0) is 48.5 Å². The molecule has 0 aliphatic heterocycles. The summed E-state index contributed by atoms with van der Waals surface area (Å²) in [6.45, 7) is 0. The Hall–Kier alpha value is -1.92. The van der Waals surface area contributed by atoms with Crippen molar-refractivity contribution < 1.29 is 22.1 Å². The molecule has 0 aliphatic carbocycles. The lowest BCUT2D eigenvalue weighted by atomic mass is 10.3. The number of halogens is 1. The van der Waals surface area contributed by atoms with Crippen LogP contribution in [0.5, 0.6) is 11.5 Å². The first kappa shape index (κ1) is 12.5. The summed E-state index contributed by atoms with van der Waals surface area (Å²) < 4.78 is 48.4. The quantitative estimate of drug-likeness (QED) is 0.869. The van der Waals surface area contributed by atoms with E-state index in [1.165, 1.54) is 48.5 Å². The van der Waals surface area contributed by atoms with Crippen LogP contribution in [0.25, 0.3) is 0 Å². The highest BCUT2D eigenvalue weighted by molar-refractivity contribution is 7.85. The summed E-state index contributed by atoms with van der Waals surface area (Å²) in [4.78, 5) is -0.214. The Balaban J connectivity index is 2.18. The van der Waals surface area contributed by atoms with Gasteiger partial charge in [0.05, 0.1) is 4.90 Å². The van der Waals surface area contributed by atoms with Gasteiger partial charge >= 0.3 is 0 Å². The molecule has 0 saturated carbocycles. The highest BCUT2D eigenvalue weighted by Gasteiger charge is 2.08. The molecule has 0 amide bonds. The van der Waals surface area contributed by atoms with Gasteiger partial charge in [0.15, 0.2) is 0 Å². The fourth-order valence-corrected chi connectivity index (χ4v) is 1.80. The van der Waals surface area contributed by atoms with Gasteiger partial charge in [0.2, 0.25) is 0 Å². The topological polar surface area (TPSA) is 63.6 Å². The molecule has 0 fully saturated rings. The summed E-state index contributed by atoms with van der Waals surface area (Å²) >= 11 is 0. The zero-order valence-electron chi connectivity index (χ0n) is 9.08. The van der Waals surface area contributed by atoms with Crippen LogP contribution in [0.1, 0.15) is 0 Å². The minimum absolute atomic E-state index is 0.214. The molecule has 0 radical (unpaired) electrons. The Kier molecular flexibility index (Phi) is 3.31. The van der Waals surface area contributed by atoms with Crippen molar-refractivity contribution in [2.75, 3.05) is 0 Å². The Morgan fingerprint density at radius 2 is 1.33 bits per heavy atom. The minimum Gasteiger partial charge on any atom is -0.457 e. The number of benzene rings is 2. The molecule has 2 aromatic carbocycles. The lowest BCUT2D eigenvalue weighted by Crippen LogP contribution is -1.97. The van der Waals surface area contributed by atoms with E-state index >= 15 is 0 Å². The molecule has 1 N–H and O–H groups in total. The molecule has 94 valence electrons. The lowest BCUT2D eigenvalue weighted by Gasteiger charge is -2.05. The molecule has 2 rings (SSSR count). The molecule has 0 aromatic heterocycles. The van der Waals surface area contributed by atoms with Gasteiger partial charge < -0.3 is 4.74 Å². The average Bonchev–Trinajstić information content (AvgIpc) is 2.32. The van der Waals surface area contributed by atoms with Gasteiger partial charge in [0, 0.05) is 0 Å². The Labute approximate surface area is 103 Å². The predicted octanol–water partition coefficient (Wildman–Crippen LogP) is 2.86. The molecule has 0 saturated heterocycles. The fraction of sp³-hybridized carbons (Fsp3) is 0. The normalized spacial score (nSPS) is 11.2. The number of hydrogen-bond acceptors (Lipinski definition) is 3. The van der Waals surface area contributed by atoms with E-state index in [4.69, 9.17) is 9.29 Å². The largest absolute Gasteiger partial charge is 0.457 e. The first-order valence-corrected chi connectivity index (χ1v) is 6.40. The van der Waals surface area contributed by atoms with Gasteiger partial charge in [-0.1, -0.05) is 0 Å². The molecule has 0 bridgehead atoms. The maximum Gasteiger partial charge on any atom is 0.294 e. The highest BCUT2D eigenvalue weighted by atomic mass is 32.2. The molecular weight excluding hydrogens is 259 g/mol. The van der Waals surface area contributed by atoms with E-state index in [0.29, 0.717) is 11.5 Å². The highest BCUT2D eigenvalue weighted by Crippen LogP contribution is 2.22. The van der Waals surface area contributed by atoms with Gasteiger partial charge in [-0.25, -0.2) is 4.39 Å². The second kappa shape index (κ2) is 4.75. The molecule has 0 atom stereocenters. The van der Waals surface area contributed by atoms with Crippen molar-refractivity contribution in [3.8, 4) is 11.5 Å². The summed E-state index contributed by atoms with van der Waals surface area (Å²) in [5, 5.41) is 0. The third kappa shape index (κ3) is 3.06. The van der Waals surface area contributed by atoms with Crippen molar-refractivity contribution in [1.82, 2.24) is 0 Å². The predicted molar refractivity (Wildman–Crippen MR) is 62.7 cm³/mol. The van der Waals surface area contributed by atoms with Crippen LogP contribution in [-0.4, -0.2) is 13.0 Å². The van der Waals surface area contributed by atoms with E-state index in [1.807, 2.05) is 0 Å². The smallest absolute Gasteiger partial charge is 0.294 e. The summed E-state index contributed by atoms with van der Waals surface area (Å²) in [7, 11) is -4.20. The first-order chi connectivity index (χ1) is 8.45. The number of hydrogen-bond donors (Lipinski definition) is 1. The van der Waals surface area contributed by atoms with E-state index in [9.17, 15) is 12.8 Å². The van der Waals surface area contributed by atoms with Crippen LogP contribution in [0.15, 0.2) is 53.4 Å². The summed E-state index contributed by atoms with van der Waals surface area (Å²) in [5.41, 5.74) is 0. The fourth-order valence-electron chi connectivity index (χ4n) is 1.32. The van der Waals surface area contributed by atoms with Crippen LogP contribution < -0.4 is 4.74 Å². The van der Waals surface area contributed by atoms with E-state index < -0.39 is 10.1 Å². The Bertz CT molecular complexity index is 633. The van der Waals surface area contributed by atoms with Crippen LogP contribution in [0, 0.1) is 5.82 Å². The third-order valence-corrected chi connectivity index (χ3v) is 3.04. The van der Waals surface area contributed by atoms with Crippen molar-refractivity contribution in [2.45, 2.75) is 4.90 Å². The molecule has 6 heteroatoms. The van der Waals surface area contributed by atoms with Crippen molar-refractivity contribution in [3.63, 3.8) is 0 Å². The molecule has 0 heterocycles. The maximum absolute atomic E-state index is 12.7. The lowest BCUT2D eigenvalue weighted by molar-refractivity contribution is 0.476. The zero-order chi connectivity index (χ0) is 13.2. The van der Waals surface area contributed by atoms with E-state index in [0.717, 1.165) is 0 Å². The zero-order valence-corrected chi connectivity index (χ0v) is 9.89. The SMILES string of the molecule is O=S(=O)(O)c1ccc(Oc2ccc(F)cc2)cc1. The van der Waals surface area contributed by atoms with Crippen molar-refractivity contribution >= 4 is 10.1 Å². The summed E-state index contributed by atoms with van der Waals surface area (Å²) in [6, 6.07) is 10.6. The minimum atomic E-state index is -4.20. The molecule has 18 heavy (non-hydrogen) atoms. The molecule has 0 aliphatic rings. The van der Waals surface area contributed by atoms with E-state index in [-0.39, 0.29) is 10.7 Å². The second-order valence-electron chi connectivity index (χ2n) is 3.50. The van der Waals surface area contributed by atoms with Gasteiger partial charge in [-0.15, -0.1) is 0 Å². The number of rotatable bonds is 3. The van der Waals surface area contributed by atoms with Gasteiger partial charge in [0.25, 0.3) is 10.1 Å². The number of ether oxygens (including phenoxy) is 1. The molecule has 4 nitrogen and oxygen atoms in total. The van der Waals surface area contributed by atoms with Crippen molar-refractivity contribution in [3.05, 3.63) is 54.3 Å². The van der Waals surface area contributed by atoms with Gasteiger partial charge in [0.1, 0.15) is 17.3 Å². The Morgan fingerprint density at radius 3 is 1.78 bits per heavy atom. The summed E-state index contributed by atoms with van der Waals surface area (Å²) in [5.74, 6) is 0.439. The van der Waals surface area contributed by atoms with Crippen LogP contribution in [0.3, 0.4) is 0 Å². The van der Waals surface area contributed by atoms with Crippen LogP contribution >= 0.6 is 0 Å². The molecule has 0 unspecified atom stereocenters. The van der Waals surface area contributed by atoms with Crippen LogP contribution in [0.4, 0.5) is 4.39 Å². The van der Waals surface area contributed by atoms with Crippen molar-refractivity contribution in [2.24, 2.45) is 0 Å². The summed E-state index contributed by atoms with van der Waals surface area (Å²) in [6.07, 6.45) is 0. The van der Waals surface area contributed by atoms with E-state index in [1.54, 1.807) is 0 Å². The maximum atomic E-state index is 12.7. The molecule has 0 spiro atoms. The standard InChI is InChI=1S/C12H9FO4S/c13-9-1-3-10(4-2-9)17-11-5-7-12(8-6-11)18(14,15)16/h1-8H,(H,14,15,16). The van der Waals surface area contributed by atoms with Gasteiger partial charge in [-0.3, -0.25) is 4.55 Å². The third-order valence-electron chi connectivity index (χ3n) is 2.17. The van der Waals surface area contributed by atoms with Crippen LogP contribution in [-0.2, 0) is 10.1 Å². The monoisotopic (exact) mass is 268 g/mol. The van der Waals surface area contributed by atoms with Gasteiger partial charge in [-0.2, -0.15) is 8.42 Å². The average molecular weight is 268 g/mol.